The van der Waals surface area contributed by atoms with Gasteiger partial charge in [-0.2, -0.15) is 9.57 Å². The van der Waals surface area contributed by atoms with Crippen molar-refractivity contribution in [2.45, 2.75) is 63.1 Å². The molecule has 0 aliphatic carbocycles. The van der Waals surface area contributed by atoms with Crippen LogP contribution < -0.4 is 24.8 Å². The maximum absolute atomic E-state index is 14.6. The summed E-state index contributed by atoms with van der Waals surface area (Å²) in [6.07, 6.45) is -0.617. The summed E-state index contributed by atoms with van der Waals surface area (Å²) in [5.41, 5.74) is 5.87. The van der Waals surface area contributed by atoms with Crippen LogP contribution in [-0.2, 0) is 45.6 Å². The van der Waals surface area contributed by atoms with E-state index in [9.17, 15) is 23.1 Å². The number of carbonyl (C=O) groups is 2. The molecule has 1 unspecified atom stereocenters. The lowest BCUT2D eigenvalue weighted by atomic mass is 9.94. The molecule has 0 saturated heterocycles. The fraction of sp³-hybridized carbons (Fsp3) is 0.234. The van der Waals surface area contributed by atoms with Crippen LogP contribution in [0.2, 0.25) is 10.0 Å². The van der Waals surface area contributed by atoms with Gasteiger partial charge in [0, 0.05) is 24.4 Å². The third-order valence-corrected chi connectivity index (χ3v) is 14.6. The van der Waals surface area contributed by atoms with E-state index in [0.29, 0.717) is 72.7 Å². The molecule has 1 aromatic heterocycles. The van der Waals surface area contributed by atoms with E-state index in [1.807, 2.05) is 61.5 Å². The zero-order chi connectivity index (χ0) is 45.1. The van der Waals surface area contributed by atoms with Crippen LogP contribution in [0, 0.1) is 18.3 Å². The number of rotatable bonds is 14. The van der Waals surface area contributed by atoms with E-state index in [0.717, 1.165) is 26.6 Å². The number of nitrogens with one attached hydrogen (secondary N) is 2. The van der Waals surface area contributed by atoms with Crippen molar-refractivity contribution in [1.82, 2.24) is 14.6 Å². The summed E-state index contributed by atoms with van der Waals surface area (Å²) >= 11 is 13.4. The molecule has 0 saturated carbocycles. The van der Waals surface area contributed by atoms with Crippen LogP contribution in [0.5, 0.6) is 17.2 Å². The maximum Gasteiger partial charge on any atom is 0.326 e. The molecule has 0 fully saturated rings. The van der Waals surface area contributed by atoms with Crippen LogP contribution in [0.1, 0.15) is 51.3 Å². The van der Waals surface area contributed by atoms with Crippen molar-refractivity contribution in [1.29, 1.82) is 5.26 Å². The number of nitriles is 1. The van der Waals surface area contributed by atoms with E-state index in [4.69, 9.17) is 42.7 Å². The molecule has 1 amide bonds. The molecule has 0 bridgehead atoms. The SMILES string of the molecule is CCNc1nc(S(=O)(=O)N2Cc3cc4c(cc3CC2C(=O)N[C@@H](Cc2ccc(-c3ccc(C#N)cc3)cc2)C(=O)O)OC[C@H](c2ccc(OCc3ccc(Cl)c(Cl)c3)cc2)O4)c(C)s1. The van der Waals surface area contributed by atoms with Gasteiger partial charge in [0.25, 0.3) is 10.0 Å². The van der Waals surface area contributed by atoms with E-state index in [1.165, 1.54) is 11.3 Å². The van der Waals surface area contributed by atoms with Gasteiger partial charge >= 0.3 is 5.97 Å². The minimum atomic E-state index is -4.41. The Morgan fingerprint density at radius 1 is 0.953 bits per heavy atom. The minimum absolute atomic E-state index is 0.0592. The van der Waals surface area contributed by atoms with Crippen molar-refractivity contribution in [2.24, 2.45) is 0 Å². The first kappa shape index (κ1) is 44.5. The van der Waals surface area contributed by atoms with Crippen molar-refractivity contribution >= 4 is 61.6 Å². The van der Waals surface area contributed by atoms with Gasteiger partial charge in [-0.15, -0.1) is 11.3 Å². The van der Waals surface area contributed by atoms with Crippen molar-refractivity contribution in [2.75, 3.05) is 18.5 Å². The van der Waals surface area contributed by atoms with Gasteiger partial charge in [0.05, 0.1) is 21.7 Å². The van der Waals surface area contributed by atoms with Crippen LogP contribution in [-0.4, -0.2) is 59.9 Å². The summed E-state index contributed by atoms with van der Waals surface area (Å²) in [5, 5.41) is 26.3. The summed E-state index contributed by atoms with van der Waals surface area (Å²) in [6.45, 7) is 4.31. The summed E-state index contributed by atoms with van der Waals surface area (Å²) in [6, 6.07) is 30.0. The van der Waals surface area contributed by atoms with Gasteiger partial charge in [0.2, 0.25) is 5.91 Å². The molecule has 0 spiro atoms. The van der Waals surface area contributed by atoms with Gasteiger partial charge < -0.3 is 30.0 Å². The summed E-state index contributed by atoms with van der Waals surface area (Å²) in [4.78, 5) is 31.8. The van der Waals surface area contributed by atoms with E-state index in [2.05, 4.69) is 21.7 Å². The lowest BCUT2D eigenvalue weighted by Gasteiger charge is -2.36. The summed E-state index contributed by atoms with van der Waals surface area (Å²) < 4.78 is 48.9. The molecule has 328 valence electrons. The fourth-order valence-electron chi connectivity index (χ4n) is 7.58. The van der Waals surface area contributed by atoms with Gasteiger partial charge in [-0.3, -0.25) is 4.79 Å². The van der Waals surface area contributed by atoms with Crippen molar-refractivity contribution in [3.8, 4) is 34.4 Å². The molecule has 64 heavy (non-hydrogen) atoms. The van der Waals surface area contributed by atoms with Gasteiger partial charge in [-0.1, -0.05) is 77.8 Å². The molecule has 0 radical (unpaired) electrons. The molecule has 6 aromatic rings. The lowest BCUT2D eigenvalue weighted by Crippen LogP contribution is -2.55. The molecule has 5 aromatic carbocycles. The number of halogens is 2. The smallest absolute Gasteiger partial charge is 0.326 e. The van der Waals surface area contributed by atoms with E-state index < -0.39 is 40.1 Å². The van der Waals surface area contributed by atoms with Crippen LogP contribution >= 0.6 is 34.5 Å². The Kier molecular flexibility index (Phi) is 13.1. The highest BCUT2D eigenvalue weighted by molar-refractivity contribution is 7.89. The first-order valence-electron chi connectivity index (χ1n) is 20.3. The molecule has 2 aliphatic rings. The summed E-state index contributed by atoms with van der Waals surface area (Å²) in [7, 11) is -4.41. The Hall–Kier alpha value is -6.15. The molecule has 13 nitrogen and oxygen atoms in total. The Bertz CT molecular complexity index is 2870. The van der Waals surface area contributed by atoms with Crippen molar-refractivity contribution in [3.63, 3.8) is 0 Å². The standard InChI is InChI=1S/C47H41Cl2N5O8S2/c1-3-51-47-53-45(27(2)63-47)64(58,59)54-24-35-22-42-41(61-26-43(62-42)33-13-15-36(16-14-33)60-25-30-8-17-37(48)38(49)18-30)21-34(35)20-40(54)44(55)52-39(46(56)57)19-28-4-9-31(10-5-28)32-11-6-29(23-50)7-12-32/h4-18,21-22,39-40,43H,3,19-20,24-26H2,1-2H3,(H,51,53)(H,52,55)(H,56,57)/t39-,40?,43+/m0/s1. The highest BCUT2D eigenvalue weighted by atomic mass is 35.5. The number of fused-ring (bicyclic) bond motifs is 2. The third-order valence-electron chi connectivity index (χ3n) is 10.9. The second kappa shape index (κ2) is 18.9. The molecular weight excluding hydrogens is 898 g/mol. The second-order valence-electron chi connectivity index (χ2n) is 15.3. The minimum Gasteiger partial charge on any atom is -0.489 e. The quantitative estimate of drug-likeness (QED) is 0.0951. The van der Waals surface area contributed by atoms with Crippen molar-refractivity contribution in [3.05, 3.63) is 151 Å². The highest BCUT2D eigenvalue weighted by Crippen LogP contribution is 2.42. The normalized spacial score (nSPS) is 16.2. The van der Waals surface area contributed by atoms with E-state index in [1.54, 1.807) is 55.5 Å². The van der Waals surface area contributed by atoms with Crippen LogP contribution in [0.15, 0.2) is 108 Å². The fourth-order valence-corrected chi connectivity index (χ4v) is 10.8. The van der Waals surface area contributed by atoms with Gasteiger partial charge in [-0.05, 0) is 108 Å². The third kappa shape index (κ3) is 9.67. The maximum atomic E-state index is 14.6. The molecule has 3 heterocycles. The van der Waals surface area contributed by atoms with Gasteiger partial charge in [0.1, 0.15) is 31.0 Å². The van der Waals surface area contributed by atoms with Crippen LogP contribution in [0.3, 0.4) is 0 Å². The number of benzene rings is 5. The second-order valence-corrected chi connectivity index (χ2v) is 19.1. The van der Waals surface area contributed by atoms with Gasteiger partial charge in [-0.25, -0.2) is 18.2 Å². The zero-order valence-electron chi connectivity index (χ0n) is 34.5. The number of hydrogen-bond donors (Lipinski definition) is 3. The zero-order valence-corrected chi connectivity index (χ0v) is 37.7. The Balaban J connectivity index is 1.02. The van der Waals surface area contributed by atoms with E-state index >= 15 is 0 Å². The number of amides is 1. The number of carbonyl (C=O) groups excluding carboxylic acids is 1. The number of sulfonamides is 1. The number of carboxylic acids is 1. The molecule has 3 N–H and O–H groups in total. The molecular formula is C47H41Cl2N5O8S2. The number of carboxylic acid groups (broad SMARTS) is 1. The molecule has 8 rings (SSSR count). The monoisotopic (exact) mass is 937 g/mol. The first-order chi connectivity index (χ1) is 30.8. The number of aryl methyl sites for hydroxylation is 1. The van der Waals surface area contributed by atoms with Crippen LogP contribution in [0.25, 0.3) is 11.1 Å². The average Bonchev–Trinajstić information content (AvgIpc) is 3.68. The Morgan fingerprint density at radius 2 is 1.64 bits per heavy atom. The predicted molar refractivity (Wildman–Crippen MR) is 244 cm³/mol. The number of anilines is 1. The number of hydrogen-bond acceptors (Lipinski definition) is 11. The molecule has 2 aliphatic heterocycles. The number of ether oxygens (including phenoxy) is 3. The number of aromatic nitrogens is 1. The average molecular weight is 939 g/mol. The van der Waals surface area contributed by atoms with Gasteiger partial charge in [0.15, 0.2) is 27.8 Å². The molecule has 17 heteroatoms. The molecule has 3 atom stereocenters. The largest absolute Gasteiger partial charge is 0.489 e. The summed E-state index contributed by atoms with van der Waals surface area (Å²) in [5.74, 6) is -0.565. The number of nitrogens with zero attached hydrogens (tertiary/aromatic N) is 3. The highest BCUT2D eigenvalue weighted by Gasteiger charge is 2.43. The topological polar surface area (TPSA) is 180 Å². The Labute approximate surface area is 384 Å². The van der Waals surface area contributed by atoms with E-state index in [-0.39, 0.29) is 31.0 Å². The Morgan fingerprint density at radius 3 is 2.31 bits per heavy atom. The lowest BCUT2D eigenvalue weighted by molar-refractivity contribution is -0.142. The van der Waals surface area contributed by atoms with Crippen LogP contribution in [0.4, 0.5) is 5.13 Å². The van der Waals surface area contributed by atoms with Crippen molar-refractivity contribution < 1.29 is 37.3 Å². The number of thiazole rings is 1. The number of aliphatic carboxylic acids is 1. The first-order valence-corrected chi connectivity index (χ1v) is 23.3. The predicted octanol–water partition coefficient (Wildman–Crippen LogP) is 8.75.